The van der Waals surface area contributed by atoms with Crippen molar-refractivity contribution in [2.24, 2.45) is 0 Å². The van der Waals surface area contributed by atoms with Crippen LogP contribution in [0.3, 0.4) is 0 Å². The van der Waals surface area contributed by atoms with Crippen LogP contribution in [0.15, 0.2) is 24.3 Å². The first kappa shape index (κ1) is 39.1. The molecule has 8 nitrogen and oxygen atoms in total. The zero-order chi connectivity index (χ0) is 33.7. The summed E-state index contributed by atoms with van der Waals surface area (Å²) < 4.78 is 10.7. The molecule has 0 aliphatic heterocycles. The third-order valence-corrected chi connectivity index (χ3v) is 8.40. The molecule has 0 aromatic heterocycles. The fourth-order valence-electron chi connectivity index (χ4n) is 5.51. The maximum absolute atomic E-state index is 12.4. The standard InChI is InChI=1S/C38H59NO7/c1-5-9-13-31-25-29(26-32(37(31)42)14-10-6-2)17-19-35(40)45-23-21-39(44)22-24-46-36(41)20-18-30-27-33(15-11-7-3)38(43)34(28-30)16-12-8-4/h25-28,42-44H,5-24H2,1-4H3/p+1. The van der Waals surface area contributed by atoms with Crippen LogP contribution in [-0.2, 0) is 57.6 Å². The first-order valence-corrected chi connectivity index (χ1v) is 17.7. The molecule has 2 rings (SSSR count). The summed E-state index contributed by atoms with van der Waals surface area (Å²) in [4.78, 5) is 24.8. The van der Waals surface area contributed by atoms with Gasteiger partial charge < -0.3 is 19.7 Å². The summed E-state index contributed by atoms with van der Waals surface area (Å²) in [5.74, 6) is 0.134. The van der Waals surface area contributed by atoms with Crippen LogP contribution in [0.1, 0.15) is 125 Å². The summed E-state index contributed by atoms with van der Waals surface area (Å²) >= 11 is 0. The van der Waals surface area contributed by atoms with Crippen molar-refractivity contribution in [3.05, 3.63) is 57.6 Å². The maximum atomic E-state index is 12.4. The zero-order valence-electron chi connectivity index (χ0n) is 28.9. The van der Waals surface area contributed by atoms with Crippen LogP contribution in [0.4, 0.5) is 0 Å². The summed E-state index contributed by atoms with van der Waals surface area (Å²) in [5.41, 5.74) is 5.87. The monoisotopic (exact) mass is 642 g/mol. The number of unbranched alkanes of at least 4 members (excludes halogenated alkanes) is 4. The molecular formula is C38H60NO7+. The number of hydrogen-bond donors (Lipinski definition) is 4. The Labute approximate surface area is 277 Å². The van der Waals surface area contributed by atoms with Gasteiger partial charge >= 0.3 is 11.9 Å². The molecular weight excluding hydrogens is 582 g/mol. The molecule has 0 fully saturated rings. The van der Waals surface area contributed by atoms with Gasteiger partial charge in [-0.1, -0.05) is 77.6 Å². The highest BCUT2D eigenvalue weighted by atomic mass is 16.6. The summed E-state index contributed by atoms with van der Waals surface area (Å²) in [7, 11) is 0. The van der Waals surface area contributed by atoms with Crippen molar-refractivity contribution >= 4 is 11.9 Å². The van der Waals surface area contributed by atoms with Gasteiger partial charge in [-0.3, -0.25) is 9.59 Å². The van der Waals surface area contributed by atoms with E-state index < -0.39 is 0 Å². The van der Waals surface area contributed by atoms with Gasteiger partial charge in [-0.15, -0.1) is 0 Å². The van der Waals surface area contributed by atoms with Crippen LogP contribution in [0.25, 0.3) is 0 Å². The Kier molecular flexibility index (Phi) is 19.1. The van der Waals surface area contributed by atoms with Crippen molar-refractivity contribution in [3.8, 4) is 11.5 Å². The fraction of sp³-hybridized carbons (Fsp3) is 0.632. The van der Waals surface area contributed by atoms with Crippen LogP contribution in [0, 0.1) is 0 Å². The molecule has 0 atom stereocenters. The number of phenolic OH excluding ortho intramolecular Hbond substituents is 2. The number of hydrogen-bond acceptors (Lipinski definition) is 7. The molecule has 0 heterocycles. The third kappa shape index (κ3) is 14.5. The predicted octanol–water partition coefficient (Wildman–Crippen LogP) is 6.39. The molecule has 8 heteroatoms. The van der Waals surface area contributed by atoms with Crippen molar-refractivity contribution < 1.29 is 39.5 Å². The number of carbonyl (C=O) groups excluding carboxylic acids is 2. The lowest BCUT2D eigenvalue weighted by atomic mass is 9.95. The van der Waals surface area contributed by atoms with E-state index in [1.807, 2.05) is 24.3 Å². The average Bonchev–Trinajstić information content (AvgIpc) is 3.04. The number of aromatic hydroxyl groups is 2. The molecule has 0 spiro atoms. The van der Waals surface area contributed by atoms with Gasteiger partial charge in [-0.25, -0.2) is 5.21 Å². The molecule has 0 unspecified atom stereocenters. The minimum Gasteiger partial charge on any atom is -0.507 e. The second-order valence-corrected chi connectivity index (χ2v) is 12.4. The number of phenols is 2. The number of quaternary nitrogens is 1. The molecule has 4 N–H and O–H groups in total. The molecule has 0 aliphatic rings. The van der Waals surface area contributed by atoms with Crippen molar-refractivity contribution in [1.82, 2.24) is 0 Å². The number of hydroxylamine groups is 2. The highest BCUT2D eigenvalue weighted by Gasteiger charge is 2.15. The highest BCUT2D eigenvalue weighted by molar-refractivity contribution is 5.70. The zero-order valence-corrected chi connectivity index (χ0v) is 28.9. The Morgan fingerprint density at radius 2 is 0.870 bits per heavy atom. The number of aryl methyl sites for hydroxylation is 6. The fourth-order valence-corrected chi connectivity index (χ4v) is 5.51. The van der Waals surface area contributed by atoms with Crippen molar-refractivity contribution in [1.29, 1.82) is 0 Å². The third-order valence-electron chi connectivity index (χ3n) is 8.40. The smallest absolute Gasteiger partial charge is 0.306 e. The first-order valence-electron chi connectivity index (χ1n) is 17.7. The van der Waals surface area contributed by atoms with Crippen LogP contribution in [0.5, 0.6) is 11.5 Å². The Morgan fingerprint density at radius 1 is 0.565 bits per heavy atom. The molecule has 0 bridgehead atoms. The Hall–Kier alpha value is -3.10. The van der Waals surface area contributed by atoms with Gasteiger partial charge in [0.1, 0.15) is 37.8 Å². The van der Waals surface area contributed by atoms with E-state index >= 15 is 0 Å². The molecule has 46 heavy (non-hydrogen) atoms. The molecule has 0 saturated heterocycles. The molecule has 258 valence electrons. The lowest BCUT2D eigenvalue weighted by molar-refractivity contribution is -1.09. The number of benzene rings is 2. The first-order chi connectivity index (χ1) is 22.2. The van der Waals surface area contributed by atoms with Crippen LogP contribution in [-0.4, -0.2) is 53.7 Å². The van der Waals surface area contributed by atoms with Gasteiger partial charge in [0.05, 0.1) is 0 Å². The quantitative estimate of drug-likeness (QED) is 0.0774. The largest absolute Gasteiger partial charge is 0.507 e. The van der Waals surface area contributed by atoms with E-state index in [0.29, 0.717) is 24.3 Å². The Morgan fingerprint density at radius 3 is 1.15 bits per heavy atom. The number of nitrogens with one attached hydrogen (secondary N) is 1. The molecule has 0 radical (unpaired) electrons. The molecule has 2 aromatic rings. The van der Waals surface area contributed by atoms with Gasteiger partial charge in [0.2, 0.25) is 0 Å². The second kappa shape index (κ2) is 22.4. The topological polar surface area (TPSA) is 118 Å². The van der Waals surface area contributed by atoms with E-state index in [0.717, 1.165) is 110 Å². The highest BCUT2D eigenvalue weighted by Crippen LogP contribution is 2.29. The summed E-state index contributed by atoms with van der Waals surface area (Å²) in [6.07, 6.45) is 13.0. The molecule has 0 aliphatic carbocycles. The predicted molar refractivity (Wildman–Crippen MR) is 182 cm³/mol. The van der Waals surface area contributed by atoms with E-state index in [2.05, 4.69) is 27.7 Å². The molecule has 2 aromatic carbocycles. The van der Waals surface area contributed by atoms with Crippen molar-refractivity contribution in [3.63, 3.8) is 0 Å². The number of esters is 2. The normalized spacial score (nSPS) is 11.3. The lowest BCUT2D eigenvalue weighted by Crippen LogP contribution is -3.10. The van der Waals surface area contributed by atoms with Gasteiger partial charge in [0.25, 0.3) is 0 Å². The van der Waals surface area contributed by atoms with Crippen LogP contribution in [0.2, 0.25) is 0 Å². The minimum absolute atomic E-state index is 0.0687. The maximum Gasteiger partial charge on any atom is 0.306 e. The van der Waals surface area contributed by atoms with Gasteiger partial charge in [0, 0.05) is 12.8 Å². The molecule has 0 saturated carbocycles. The van der Waals surface area contributed by atoms with E-state index in [1.165, 1.54) is 0 Å². The van der Waals surface area contributed by atoms with Gasteiger partial charge in [-0.05, 0) is 97.6 Å². The summed E-state index contributed by atoms with van der Waals surface area (Å²) in [5, 5.41) is 31.8. The van der Waals surface area contributed by atoms with Gasteiger partial charge in [0.15, 0.2) is 0 Å². The summed E-state index contributed by atoms with van der Waals surface area (Å²) in [6, 6.07) is 8.04. The van der Waals surface area contributed by atoms with Crippen molar-refractivity contribution in [2.45, 2.75) is 130 Å². The second-order valence-electron chi connectivity index (χ2n) is 12.4. The summed E-state index contributed by atoms with van der Waals surface area (Å²) in [6.45, 7) is 9.04. The lowest BCUT2D eigenvalue weighted by Gasteiger charge is -2.14. The van der Waals surface area contributed by atoms with Crippen LogP contribution < -0.4 is 5.06 Å². The van der Waals surface area contributed by atoms with E-state index in [1.54, 1.807) is 0 Å². The number of rotatable bonds is 24. The Bertz CT molecular complexity index is 1050. The van der Waals surface area contributed by atoms with E-state index in [9.17, 15) is 25.0 Å². The van der Waals surface area contributed by atoms with Crippen LogP contribution >= 0.6 is 0 Å². The van der Waals surface area contributed by atoms with Gasteiger partial charge in [-0.2, -0.15) is 5.06 Å². The average molecular weight is 643 g/mol. The molecule has 0 amide bonds. The van der Waals surface area contributed by atoms with Crippen molar-refractivity contribution in [2.75, 3.05) is 26.3 Å². The van der Waals surface area contributed by atoms with E-state index in [4.69, 9.17) is 9.47 Å². The number of carbonyl (C=O) groups is 2. The number of ether oxygens (including phenoxy) is 2. The van der Waals surface area contributed by atoms with E-state index in [-0.39, 0.29) is 56.1 Å². The minimum atomic E-state index is -0.331. The Balaban J connectivity index is 1.72. The SMILES string of the molecule is CCCCc1cc(CCC(=O)OCC[NH+](O)CCOC(=O)CCc2cc(CCCC)c(O)c(CCCC)c2)cc(CCCC)c1O.